The molecule has 4 heterocycles. The van der Waals surface area contributed by atoms with Crippen LogP contribution in [0.3, 0.4) is 0 Å². The number of aryl methyl sites for hydroxylation is 2. The summed E-state index contributed by atoms with van der Waals surface area (Å²) >= 11 is 0. The summed E-state index contributed by atoms with van der Waals surface area (Å²) in [4.78, 5) is 44.5. The van der Waals surface area contributed by atoms with Gasteiger partial charge < -0.3 is 18.6 Å². The summed E-state index contributed by atoms with van der Waals surface area (Å²) in [6, 6.07) is 40.4. The lowest BCUT2D eigenvalue weighted by Crippen LogP contribution is -2.16. The molecule has 54 heavy (non-hydrogen) atoms. The summed E-state index contributed by atoms with van der Waals surface area (Å²) in [5, 5.41) is 0. The highest BCUT2D eigenvalue weighted by molar-refractivity contribution is 5.92. The van der Waals surface area contributed by atoms with E-state index in [4.69, 9.17) is 9.47 Å². The Hall–Kier alpha value is -6.94. The van der Waals surface area contributed by atoms with Crippen LogP contribution in [0.2, 0.25) is 0 Å². The molecule has 0 aliphatic rings. The van der Waals surface area contributed by atoms with E-state index in [1.54, 1.807) is 24.8 Å². The van der Waals surface area contributed by atoms with Gasteiger partial charge in [0.1, 0.15) is 24.2 Å². The molecule has 10 nitrogen and oxygen atoms in total. The molecular weight excluding hydrogens is 677 g/mol. The van der Waals surface area contributed by atoms with Crippen molar-refractivity contribution in [3.05, 3.63) is 168 Å². The van der Waals surface area contributed by atoms with Crippen LogP contribution in [0.15, 0.2) is 134 Å². The van der Waals surface area contributed by atoms with E-state index in [0.717, 1.165) is 44.5 Å². The fraction of sp³-hybridized carbons (Fsp3) is 0.136. The van der Waals surface area contributed by atoms with Gasteiger partial charge in [0, 0.05) is 0 Å². The first kappa shape index (κ1) is 34.2. The number of rotatable bonds is 11. The maximum absolute atomic E-state index is 13.1. The molecule has 4 aromatic carbocycles. The molecule has 0 aliphatic carbocycles. The van der Waals surface area contributed by atoms with Crippen molar-refractivity contribution in [2.45, 2.75) is 26.9 Å². The minimum Gasteiger partial charge on any atom is -0.457 e. The van der Waals surface area contributed by atoms with Crippen molar-refractivity contribution in [1.82, 2.24) is 29.1 Å². The number of hydrogen-bond donors (Lipinski definition) is 0. The number of imidazole rings is 2. The molecule has 0 bridgehead atoms. The molecule has 0 atom stereocenters. The van der Waals surface area contributed by atoms with Gasteiger partial charge in [0.25, 0.3) is 0 Å². The van der Waals surface area contributed by atoms with Crippen LogP contribution >= 0.6 is 0 Å². The Labute approximate surface area is 311 Å². The van der Waals surface area contributed by atoms with Crippen molar-refractivity contribution in [1.29, 1.82) is 0 Å². The zero-order chi connectivity index (χ0) is 37.0. The molecule has 10 heteroatoms. The number of nitrogens with zero attached hydrogens (tertiary/aromatic N) is 6. The maximum atomic E-state index is 13.1. The number of benzene rings is 4. The number of carbonyl (C=O) groups is 2. The lowest BCUT2D eigenvalue weighted by molar-refractivity contribution is 0.0259. The minimum atomic E-state index is -0.618. The van der Waals surface area contributed by atoms with Crippen molar-refractivity contribution in [3.63, 3.8) is 0 Å². The van der Waals surface area contributed by atoms with Crippen LogP contribution in [0.4, 0.5) is 0 Å². The first-order valence-corrected chi connectivity index (χ1v) is 17.7. The van der Waals surface area contributed by atoms with Gasteiger partial charge in [-0.05, 0) is 70.5 Å². The highest BCUT2D eigenvalue weighted by Crippen LogP contribution is 2.24. The van der Waals surface area contributed by atoms with Gasteiger partial charge in [-0.2, -0.15) is 0 Å². The number of aromatic nitrogens is 6. The van der Waals surface area contributed by atoms with Crippen molar-refractivity contribution in [2.75, 3.05) is 13.2 Å². The van der Waals surface area contributed by atoms with Crippen molar-refractivity contribution >= 4 is 34.3 Å². The topological polar surface area (TPSA) is 114 Å². The molecule has 0 aliphatic heterocycles. The predicted octanol–water partition coefficient (Wildman–Crippen LogP) is 8.24. The van der Waals surface area contributed by atoms with Crippen LogP contribution in [0.1, 0.15) is 43.2 Å². The summed E-state index contributed by atoms with van der Waals surface area (Å²) in [7, 11) is 0. The van der Waals surface area contributed by atoms with E-state index in [9.17, 15) is 9.59 Å². The highest BCUT2D eigenvalue weighted by Gasteiger charge is 2.18. The fourth-order valence-electron chi connectivity index (χ4n) is 6.50. The molecule has 0 radical (unpaired) electrons. The van der Waals surface area contributed by atoms with Crippen LogP contribution in [-0.4, -0.2) is 54.2 Å². The molecular formula is C44H36N6O4. The molecule has 8 rings (SSSR count). The fourth-order valence-corrected chi connectivity index (χ4v) is 6.50. The second-order valence-corrected chi connectivity index (χ2v) is 13.1. The summed E-state index contributed by atoms with van der Waals surface area (Å²) in [6.07, 6.45) is 3.46. The smallest absolute Gasteiger partial charge is 0.357 e. The third-order valence-corrected chi connectivity index (χ3v) is 9.32. The molecule has 0 N–H and O–H groups in total. The maximum Gasteiger partial charge on any atom is 0.357 e. The lowest BCUT2D eigenvalue weighted by atomic mass is 10.0. The van der Waals surface area contributed by atoms with Crippen LogP contribution in [-0.2, 0) is 22.6 Å². The third kappa shape index (κ3) is 7.22. The molecule has 0 spiro atoms. The minimum absolute atomic E-state index is 0.144. The number of pyridine rings is 2. The van der Waals surface area contributed by atoms with Gasteiger partial charge in [0.15, 0.2) is 22.7 Å². The number of carbonyl (C=O) groups excluding carboxylic acids is 2. The Bertz CT molecular complexity index is 2410. The van der Waals surface area contributed by atoms with Crippen molar-refractivity contribution in [3.8, 4) is 22.3 Å². The predicted molar refractivity (Wildman–Crippen MR) is 207 cm³/mol. The van der Waals surface area contributed by atoms with Gasteiger partial charge in [-0.3, -0.25) is 0 Å². The Morgan fingerprint density at radius 3 is 1.28 bits per heavy atom. The average molecular weight is 713 g/mol. The van der Waals surface area contributed by atoms with Crippen molar-refractivity contribution in [2.24, 2.45) is 0 Å². The van der Waals surface area contributed by atoms with E-state index in [1.807, 2.05) is 59.4 Å². The Kier molecular flexibility index (Phi) is 9.47. The lowest BCUT2D eigenvalue weighted by Gasteiger charge is -2.09. The third-order valence-electron chi connectivity index (χ3n) is 9.32. The number of fused-ring (bicyclic) bond motifs is 2. The Balaban J connectivity index is 0.888. The normalized spacial score (nSPS) is 11.2. The van der Waals surface area contributed by atoms with Crippen LogP contribution in [0.5, 0.6) is 0 Å². The van der Waals surface area contributed by atoms with Gasteiger partial charge in [0.05, 0.1) is 25.7 Å². The van der Waals surface area contributed by atoms with E-state index in [2.05, 4.69) is 92.7 Å². The quantitative estimate of drug-likeness (QED) is 0.0974. The molecule has 4 aromatic heterocycles. The molecule has 8 aromatic rings. The number of esters is 2. The number of hydrogen-bond acceptors (Lipinski definition) is 8. The molecule has 0 fully saturated rings. The zero-order valence-corrected chi connectivity index (χ0v) is 29.8. The van der Waals surface area contributed by atoms with Gasteiger partial charge in [0.2, 0.25) is 0 Å². The summed E-state index contributed by atoms with van der Waals surface area (Å²) in [5.74, 6) is -1.24. The molecule has 0 saturated heterocycles. The molecule has 0 amide bonds. The molecule has 0 unspecified atom stereocenters. The van der Waals surface area contributed by atoms with E-state index < -0.39 is 11.9 Å². The van der Waals surface area contributed by atoms with E-state index in [-0.39, 0.29) is 24.6 Å². The van der Waals surface area contributed by atoms with E-state index in [0.29, 0.717) is 35.4 Å². The van der Waals surface area contributed by atoms with Crippen LogP contribution in [0.25, 0.3) is 44.6 Å². The first-order chi connectivity index (χ1) is 26.4. The monoisotopic (exact) mass is 712 g/mol. The van der Waals surface area contributed by atoms with Gasteiger partial charge >= 0.3 is 11.9 Å². The van der Waals surface area contributed by atoms with Crippen molar-refractivity contribution < 1.29 is 19.1 Å². The average Bonchev–Trinajstić information content (AvgIpc) is 3.82. The summed E-state index contributed by atoms with van der Waals surface area (Å²) in [6.45, 7) is 4.55. The molecule has 266 valence electrons. The largest absolute Gasteiger partial charge is 0.457 e. The zero-order valence-electron chi connectivity index (χ0n) is 29.8. The second-order valence-electron chi connectivity index (χ2n) is 13.1. The Morgan fingerprint density at radius 2 is 0.889 bits per heavy atom. The highest BCUT2D eigenvalue weighted by atomic mass is 16.6. The summed E-state index contributed by atoms with van der Waals surface area (Å²) in [5.41, 5.74) is 11.2. The molecule has 0 saturated carbocycles. The Morgan fingerprint density at radius 1 is 0.519 bits per heavy atom. The second kappa shape index (κ2) is 15.0. The standard InChI is InChI=1S/C44H36N6O4/c1-29-23-37(47-41-39(29)45-27-49(41)25-31-13-17-35(18-14-31)33-9-5-3-6-10-33)43(51)53-21-22-54-44(52)38-24-30(2)40-42(48-38)50(28-46-40)26-32-15-19-36(20-16-32)34-11-7-4-8-12-34/h3-20,23-24,27-28H,21-22,25-26H2,1-2H3. The SMILES string of the molecule is Cc1cc(C(=O)OCCOC(=O)c2cc(C)c3ncn(Cc4ccc(-c5ccccc5)cc4)c3n2)nc2c1ncn2Cc1ccc(-c2ccccc2)cc1. The van der Waals surface area contributed by atoms with Crippen LogP contribution in [0, 0.1) is 13.8 Å². The van der Waals surface area contributed by atoms with Gasteiger partial charge in [-0.1, -0.05) is 109 Å². The number of ether oxygens (including phenoxy) is 2. The first-order valence-electron chi connectivity index (χ1n) is 17.7. The van der Waals surface area contributed by atoms with Crippen LogP contribution < -0.4 is 0 Å². The van der Waals surface area contributed by atoms with E-state index >= 15 is 0 Å². The van der Waals surface area contributed by atoms with Gasteiger partial charge in [-0.25, -0.2) is 29.5 Å². The summed E-state index contributed by atoms with van der Waals surface area (Å²) < 4.78 is 14.8. The van der Waals surface area contributed by atoms with E-state index in [1.165, 1.54) is 0 Å². The van der Waals surface area contributed by atoms with Gasteiger partial charge in [-0.15, -0.1) is 0 Å².